The van der Waals surface area contributed by atoms with Gasteiger partial charge in [-0.05, 0) is 31.1 Å². The minimum atomic E-state index is -0.676. The van der Waals surface area contributed by atoms with E-state index < -0.39 is 18.0 Å². The molecule has 0 spiro atoms. The van der Waals surface area contributed by atoms with E-state index in [4.69, 9.17) is 9.47 Å². The minimum absolute atomic E-state index is 0.0495. The van der Waals surface area contributed by atoms with Gasteiger partial charge in [0.15, 0.2) is 6.10 Å². The average molecular weight is 298 g/mol. The van der Waals surface area contributed by atoms with Gasteiger partial charge in [0.2, 0.25) is 0 Å². The molecule has 4 heteroatoms. The Hall–Kier alpha value is -2.62. The summed E-state index contributed by atoms with van der Waals surface area (Å²) in [6.07, 6.45) is 8.03. The van der Waals surface area contributed by atoms with Gasteiger partial charge in [-0.1, -0.05) is 43.0 Å². The molecule has 0 radical (unpaired) electrons. The largest absolute Gasteiger partial charge is 0.458 e. The molecule has 0 saturated carbocycles. The van der Waals surface area contributed by atoms with Gasteiger partial charge in [0.05, 0.1) is 11.1 Å². The van der Waals surface area contributed by atoms with Crippen LogP contribution in [0.2, 0.25) is 0 Å². The van der Waals surface area contributed by atoms with Crippen molar-refractivity contribution in [2.75, 3.05) is 6.61 Å². The molecule has 114 valence electrons. The molecule has 1 atom stereocenters. The summed E-state index contributed by atoms with van der Waals surface area (Å²) in [6, 6.07) is 8.63. The van der Waals surface area contributed by atoms with Crippen molar-refractivity contribution in [1.29, 1.82) is 0 Å². The topological polar surface area (TPSA) is 52.6 Å². The van der Waals surface area contributed by atoms with E-state index in [1.165, 1.54) is 6.08 Å². The Kier molecular flexibility index (Phi) is 5.72. The van der Waals surface area contributed by atoms with Crippen LogP contribution in [0.5, 0.6) is 0 Å². The second kappa shape index (κ2) is 7.98. The van der Waals surface area contributed by atoms with Gasteiger partial charge in [-0.3, -0.25) is 0 Å². The molecule has 1 unspecified atom stereocenters. The van der Waals surface area contributed by atoms with Crippen LogP contribution in [0, 0.1) is 0 Å². The second-order valence-corrected chi connectivity index (χ2v) is 4.78. The highest BCUT2D eigenvalue weighted by atomic mass is 16.6. The molecule has 0 aliphatic heterocycles. The Bertz CT molecular complexity index is 599. The van der Waals surface area contributed by atoms with Crippen LogP contribution >= 0.6 is 0 Å². The van der Waals surface area contributed by atoms with Gasteiger partial charge in [0.1, 0.15) is 6.61 Å². The van der Waals surface area contributed by atoms with Crippen LogP contribution in [0.15, 0.2) is 66.8 Å². The number of allylic oxidation sites excluding steroid dienone is 2. The van der Waals surface area contributed by atoms with Gasteiger partial charge in [0.25, 0.3) is 0 Å². The summed E-state index contributed by atoms with van der Waals surface area (Å²) in [7, 11) is 0. The SMILES string of the molecule is C=CC(COC(=O)C1=CCCC=C1)OC(=O)c1ccccc1. The van der Waals surface area contributed by atoms with Crippen LogP contribution in [0.1, 0.15) is 23.2 Å². The first-order valence-electron chi connectivity index (χ1n) is 7.13. The first-order chi connectivity index (χ1) is 10.7. The summed E-state index contributed by atoms with van der Waals surface area (Å²) in [6.45, 7) is 3.55. The number of rotatable bonds is 6. The molecule has 1 aliphatic rings. The maximum absolute atomic E-state index is 11.9. The molecule has 0 saturated heterocycles. The fourth-order valence-electron chi connectivity index (χ4n) is 1.94. The quantitative estimate of drug-likeness (QED) is 0.598. The molecule has 4 nitrogen and oxygen atoms in total. The van der Waals surface area contributed by atoms with E-state index >= 15 is 0 Å². The first kappa shape index (κ1) is 15.8. The van der Waals surface area contributed by atoms with Gasteiger partial charge in [0, 0.05) is 0 Å². The molecule has 1 aromatic carbocycles. The average Bonchev–Trinajstić information content (AvgIpc) is 2.59. The van der Waals surface area contributed by atoms with Crippen molar-refractivity contribution in [2.24, 2.45) is 0 Å². The number of carbonyl (C=O) groups excluding carboxylic acids is 2. The van der Waals surface area contributed by atoms with E-state index in [2.05, 4.69) is 6.58 Å². The zero-order valence-electron chi connectivity index (χ0n) is 12.2. The molecule has 0 fully saturated rings. The van der Waals surface area contributed by atoms with Crippen LogP contribution in [0.4, 0.5) is 0 Å². The Morgan fingerprint density at radius 3 is 2.59 bits per heavy atom. The van der Waals surface area contributed by atoms with Gasteiger partial charge in [-0.25, -0.2) is 9.59 Å². The molecule has 0 bridgehead atoms. The first-order valence-corrected chi connectivity index (χ1v) is 7.13. The van der Waals surface area contributed by atoms with Crippen LogP contribution in [-0.2, 0) is 14.3 Å². The molecule has 2 rings (SSSR count). The molecule has 1 aliphatic carbocycles. The maximum atomic E-state index is 11.9. The number of hydrogen-bond acceptors (Lipinski definition) is 4. The van der Waals surface area contributed by atoms with Gasteiger partial charge in [-0.2, -0.15) is 0 Å². The maximum Gasteiger partial charge on any atom is 0.338 e. The Morgan fingerprint density at radius 2 is 1.95 bits per heavy atom. The molecule has 0 amide bonds. The van der Waals surface area contributed by atoms with Gasteiger partial charge in [-0.15, -0.1) is 0 Å². The van der Waals surface area contributed by atoms with E-state index in [0.717, 1.165) is 12.8 Å². The minimum Gasteiger partial charge on any atom is -0.458 e. The Labute approximate surface area is 129 Å². The van der Waals surface area contributed by atoms with Crippen LogP contribution in [-0.4, -0.2) is 24.6 Å². The van der Waals surface area contributed by atoms with Crippen molar-refractivity contribution in [1.82, 2.24) is 0 Å². The lowest BCUT2D eigenvalue weighted by molar-refractivity contribution is -0.140. The van der Waals surface area contributed by atoms with Crippen molar-refractivity contribution in [3.05, 3.63) is 72.4 Å². The lowest BCUT2D eigenvalue weighted by Gasteiger charge is -2.15. The van der Waals surface area contributed by atoms with E-state index in [-0.39, 0.29) is 6.61 Å². The summed E-state index contributed by atoms with van der Waals surface area (Å²) < 4.78 is 10.4. The fraction of sp³-hybridized carbons (Fsp3) is 0.222. The van der Waals surface area contributed by atoms with Crippen molar-refractivity contribution >= 4 is 11.9 Å². The molecular weight excluding hydrogens is 280 g/mol. The van der Waals surface area contributed by atoms with Crippen LogP contribution in [0.3, 0.4) is 0 Å². The number of esters is 2. The molecule has 0 heterocycles. The van der Waals surface area contributed by atoms with E-state index in [9.17, 15) is 9.59 Å². The zero-order chi connectivity index (χ0) is 15.8. The predicted octanol–water partition coefficient (Wildman–Crippen LogP) is 3.22. The van der Waals surface area contributed by atoms with Crippen molar-refractivity contribution in [3.8, 4) is 0 Å². The van der Waals surface area contributed by atoms with E-state index in [1.807, 2.05) is 18.2 Å². The third kappa shape index (κ3) is 4.45. The third-order valence-electron chi connectivity index (χ3n) is 3.14. The molecule has 0 aromatic heterocycles. The monoisotopic (exact) mass is 298 g/mol. The summed E-state index contributed by atoms with van der Waals surface area (Å²) in [5, 5.41) is 0. The number of ether oxygens (including phenoxy) is 2. The predicted molar refractivity (Wildman–Crippen MR) is 83.3 cm³/mol. The normalized spacial score (nSPS) is 14.6. The van der Waals surface area contributed by atoms with Crippen molar-refractivity contribution < 1.29 is 19.1 Å². The molecule has 22 heavy (non-hydrogen) atoms. The van der Waals surface area contributed by atoms with Crippen LogP contribution < -0.4 is 0 Å². The van der Waals surface area contributed by atoms with Gasteiger partial charge < -0.3 is 9.47 Å². The van der Waals surface area contributed by atoms with E-state index in [0.29, 0.717) is 11.1 Å². The number of carbonyl (C=O) groups is 2. The molecular formula is C18H18O4. The van der Waals surface area contributed by atoms with Crippen molar-refractivity contribution in [3.63, 3.8) is 0 Å². The molecule has 0 N–H and O–H groups in total. The highest BCUT2D eigenvalue weighted by Crippen LogP contribution is 2.12. The third-order valence-corrected chi connectivity index (χ3v) is 3.14. The summed E-state index contributed by atoms with van der Waals surface area (Å²) >= 11 is 0. The summed E-state index contributed by atoms with van der Waals surface area (Å²) in [5.74, 6) is -0.892. The Balaban J connectivity index is 1.86. The lowest BCUT2D eigenvalue weighted by atomic mass is 10.1. The fourth-order valence-corrected chi connectivity index (χ4v) is 1.94. The highest BCUT2D eigenvalue weighted by molar-refractivity contribution is 5.92. The van der Waals surface area contributed by atoms with E-state index in [1.54, 1.807) is 30.3 Å². The number of hydrogen-bond donors (Lipinski definition) is 0. The second-order valence-electron chi connectivity index (χ2n) is 4.78. The van der Waals surface area contributed by atoms with Gasteiger partial charge >= 0.3 is 11.9 Å². The number of benzene rings is 1. The summed E-state index contributed by atoms with van der Waals surface area (Å²) in [4.78, 5) is 23.8. The standard InChI is InChI=1S/C18H18O4/c1-2-16(22-18(20)15-11-7-4-8-12-15)13-21-17(19)14-9-5-3-6-10-14/h2,4-5,7-12,16H,1,3,6,13H2. The smallest absolute Gasteiger partial charge is 0.338 e. The van der Waals surface area contributed by atoms with Crippen molar-refractivity contribution in [2.45, 2.75) is 18.9 Å². The summed E-state index contributed by atoms with van der Waals surface area (Å²) in [5.41, 5.74) is 0.974. The lowest BCUT2D eigenvalue weighted by Crippen LogP contribution is -2.23. The molecule has 1 aromatic rings. The zero-order valence-corrected chi connectivity index (χ0v) is 12.2. The van der Waals surface area contributed by atoms with Crippen LogP contribution in [0.25, 0.3) is 0 Å². The Morgan fingerprint density at radius 1 is 1.18 bits per heavy atom. The highest BCUT2D eigenvalue weighted by Gasteiger charge is 2.16.